The van der Waals surface area contributed by atoms with Crippen LogP contribution in [0.2, 0.25) is 0 Å². The molecular formula is C25H21NO2. The van der Waals surface area contributed by atoms with Gasteiger partial charge < -0.3 is 9.64 Å². The number of ether oxygens (including phenoxy) is 1. The Balaban J connectivity index is 1.62. The number of hydrogen-bond donors (Lipinski definition) is 0. The van der Waals surface area contributed by atoms with E-state index in [2.05, 4.69) is 61.2 Å². The molecule has 1 aliphatic carbocycles. The molecular weight excluding hydrogens is 346 g/mol. The van der Waals surface area contributed by atoms with Gasteiger partial charge in [0, 0.05) is 47.0 Å². The van der Waals surface area contributed by atoms with Crippen LogP contribution < -0.4 is 4.90 Å². The summed E-state index contributed by atoms with van der Waals surface area (Å²) >= 11 is 0. The third-order valence-electron chi connectivity index (χ3n) is 6.49. The van der Waals surface area contributed by atoms with E-state index in [1.165, 1.54) is 33.3 Å². The van der Waals surface area contributed by atoms with E-state index in [1.54, 1.807) is 12.2 Å². The van der Waals surface area contributed by atoms with E-state index >= 15 is 0 Å². The number of fused-ring (bicyclic) bond motifs is 7. The molecule has 0 spiro atoms. The average Bonchev–Trinajstić information content (AvgIpc) is 2.94. The van der Waals surface area contributed by atoms with E-state index in [1.807, 2.05) is 6.08 Å². The zero-order chi connectivity index (χ0) is 19.0. The Bertz CT molecular complexity index is 1190. The molecule has 138 valence electrons. The normalized spacial score (nSPS) is 24.1. The second kappa shape index (κ2) is 5.26. The number of carbonyl (C=O) groups excluding carboxylic acids is 1. The fraction of sp³-hybridized carbons (Fsp3) is 0.240. The Morgan fingerprint density at radius 1 is 1.07 bits per heavy atom. The van der Waals surface area contributed by atoms with Crippen LogP contribution in [0.1, 0.15) is 25.8 Å². The first kappa shape index (κ1) is 15.9. The van der Waals surface area contributed by atoms with E-state index in [4.69, 9.17) is 4.74 Å². The lowest BCUT2D eigenvalue weighted by molar-refractivity contribution is -0.110. The summed E-state index contributed by atoms with van der Waals surface area (Å²) in [5, 5.41) is 2.62. The van der Waals surface area contributed by atoms with Gasteiger partial charge >= 0.3 is 0 Å². The quantitative estimate of drug-likeness (QED) is 0.660. The lowest BCUT2D eigenvalue weighted by Crippen LogP contribution is -2.39. The monoisotopic (exact) mass is 367 g/mol. The Hall–Kier alpha value is -3.07. The number of nitrogens with zero attached hydrogens (tertiary/aromatic N) is 1. The van der Waals surface area contributed by atoms with Gasteiger partial charge in [-0.2, -0.15) is 0 Å². The van der Waals surface area contributed by atoms with Crippen LogP contribution in [0.3, 0.4) is 0 Å². The Morgan fingerprint density at radius 3 is 2.82 bits per heavy atom. The highest BCUT2D eigenvalue weighted by molar-refractivity contribution is 6.02. The maximum atomic E-state index is 11.7. The highest BCUT2D eigenvalue weighted by Gasteiger charge is 2.47. The number of benzene rings is 2. The van der Waals surface area contributed by atoms with Crippen LogP contribution in [0.5, 0.6) is 0 Å². The predicted molar refractivity (Wildman–Crippen MR) is 111 cm³/mol. The fourth-order valence-electron chi connectivity index (χ4n) is 5.36. The second-order valence-electron chi connectivity index (χ2n) is 8.50. The van der Waals surface area contributed by atoms with E-state index in [0.29, 0.717) is 5.76 Å². The molecule has 0 aromatic heterocycles. The first-order valence-corrected chi connectivity index (χ1v) is 9.91. The van der Waals surface area contributed by atoms with Crippen LogP contribution in [-0.2, 0) is 14.9 Å². The van der Waals surface area contributed by atoms with Crippen molar-refractivity contribution in [3.8, 4) is 0 Å². The van der Waals surface area contributed by atoms with Gasteiger partial charge in [0.15, 0.2) is 5.78 Å². The first-order chi connectivity index (χ1) is 13.5. The minimum absolute atomic E-state index is 0.000704. The van der Waals surface area contributed by atoms with Crippen molar-refractivity contribution in [2.75, 3.05) is 11.4 Å². The van der Waals surface area contributed by atoms with Crippen molar-refractivity contribution < 1.29 is 9.53 Å². The highest BCUT2D eigenvalue weighted by Crippen LogP contribution is 2.54. The second-order valence-corrected chi connectivity index (χ2v) is 8.50. The van der Waals surface area contributed by atoms with E-state index in [9.17, 15) is 4.79 Å². The molecule has 6 rings (SSSR count). The van der Waals surface area contributed by atoms with Crippen LogP contribution in [0.4, 0.5) is 5.69 Å². The third kappa shape index (κ3) is 1.96. The zero-order valence-corrected chi connectivity index (χ0v) is 16.0. The highest BCUT2D eigenvalue weighted by atomic mass is 16.5. The van der Waals surface area contributed by atoms with Gasteiger partial charge in [0.25, 0.3) is 0 Å². The number of anilines is 1. The van der Waals surface area contributed by atoms with E-state index in [0.717, 1.165) is 18.5 Å². The number of rotatable bonds is 0. The molecule has 1 unspecified atom stereocenters. The van der Waals surface area contributed by atoms with Crippen molar-refractivity contribution in [2.24, 2.45) is 0 Å². The minimum Gasteiger partial charge on any atom is -0.485 e. The van der Waals surface area contributed by atoms with E-state index < -0.39 is 0 Å². The lowest BCUT2D eigenvalue weighted by Gasteiger charge is -2.40. The van der Waals surface area contributed by atoms with Crippen molar-refractivity contribution in [3.63, 3.8) is 0 Å². The molecule has 28 heavy (non-hydrogen) atoms. The van der Waals surface area contributed by atoms with Gasteiger partial charge in [0.05, 0.1) is 0 Å². The summed E-state index contributed by atoms with van der Waals surface area (Å²) in [5.74, 6) is 0.717. The van der Waals surface area contributed by atoms with Crippen molar-refractivity contribution in [1.82, 2.24) is 0 Å². The van der Waals surface area contributed by atoms with Gasteiger partial charge in [-0.1, -0.05) is 44.2 Å². The van der Waals surface area contributed by atoms with Crippen molar-refractivity contribution >= 4 is 22.2 Å². The first-order valence-electron chi connectivity index (χ1n) is 9.91. The Morgan fingerprint density at radius 2 is 1.93 bits per heavy atom. The summed E-state index contributed by atoms with van der Waals surface area (Å²) in [4.78, 5) is 14.2. The standard InChI is InChI=1S/C25H21NO2/c1-25(2)23-18-6-4-3-5-15(18)8-10-20(23)26-12-11-21-19(24(25)26)13-16-7-9-17(27)14-22(16)28-21/h3-10,13-14,21H,11-12H2,1-2H3. The van der Waals surface area contributed by atoms with Crippen molar-refractivity contribution in [3.05, 3.63) is 88.9 Å². The molecule has 3 nitrogen and oxygen atoms in total. The molecule has 0 fully saturated rings. The average molecular weight is 367 g/mol. The van der Waals surface area contributed by atoms with Gasteiger partial charge in [-0.25, -0.2) is 0 Å². The third-order valence-corrected chi connectivity index (χ3v) is 6.49. The lowest BCUT2D eigenvalue weighted by atomic mass is 9.77. The largest absolute Gasteiger partial charge is 0.485 e. The number of hydrogen-bond acceptors (Lipinski definition) is 3. The van der Waals surface area contributed by atoms with Gasteiger partial charge in [-0.15, -0.1) is 0 Å². The molecule has 0 radical (unpaired) electrons. The van der Waals surface area contributed by atoms with Gasteiger partial charge in [0.2, 0.25) is 0 Å². The van der Waals surface area contributed by atoms with E-state index in [-0.39, 0.29) is 17.3 Å². The molecule has 2 aromatic carbocycles. The summed E-state index contributed by atoms with van der Waals surface area (Å²) in [7, 11) is 0. The molecule has 4 aliphatic rings. The minimum atomic E-state index is -0.111. The fourth-order valence-corrected chi connectivity index (χ4v) is 5.36. The molecule has 1 atom stereocenters. The molecule has 0 N–H and O–H groups in total. The molecule has 3 heterocycles. The van der Waals surface area contributed by atoms with Gasteiger partial charge in [-0.05, 0) is 40.6 Å². The summed E-state index contributed by atoms with van der Waals surface area (Å²) in [6.45, 7) is 5.58. The van der Waals surface area contributed by atoms with Gasteiger partial charge in [-0.3, -0.25) is 4.79 Å². The predicted octanol–water partition coefficient (Wildman–Crippen LogP) is 4.94. The van der Waals surface area contributed by atoms with Gasteiger partial charge in [0.1, 0.15) is 11.9 Å². The molecule has 3 heteroatoms. The van der Waals surface area contributed by atoms with Crippen LogP contribution in [0.15, 0.2) is 83.3 Å². The number of allylic oxidation sites excluding steroid dienone is 4. The number of carbonyl (C=O) groups is 1. The summed E-state index contributed by atoms with van der Waals surface area (Å²) in [6.07, 6.45) is 8.28. The molecule has 0 saturated carbocycles. The number of ketones is 1. The zero-order valence-electron chi connectivity index (χ0n) is 16.0. The van der Waals surface area contributed by atoms with Crippen molar-refractivity contribution in [1.29, 1.82) is 0 Å². The summed E-state index contributed by atoms with van der Waals surface area (Å²) in [5.41, 5.74) is 6.20. The summed E-state index contributed by atoms with van der Waals surface area (Å²) < 4.78 is 6.29. The maximum Gasteiger partial charge on any atom is 0.182 e. The summed E-state index contributed by atoms with van der Waals surface area (Å²) in [6, 6.07) is 13.2. The molecule has 3 aliphatic heterocycles. The van der Waals surface area contributed by atoms with Crippen LogP contribution in [-0.4, -0.2) is 18.4 Å². The molecule has 2 aromatic rings. The van der Waals surface area contributed by atoms with Crippen molar-refractivity contribution in [2.45, 2.75) is 31.8 Å². The van der Waals surface area contributed by atoms with Crippen LogP contribution in [0.25, 0.3) is 10.8 Å². The molecule has 0 bridgehead atoms. The Kier molecular flexibility index (Phi) is 2.99. The Labute approximate surface area is 164 Å². The smallest absolute Gasteiger partial charge is 0.182 e. The van der Waals surface area contributed by atoms with Crippen LogP contribution >= 0.6 is 0 Å². The van der Waals surface area contributed by atoms with Crippen LogP contribution in [0, 0.1) is 0 Å². The molecule has 0 amide bonds. The SMILES string of the molecule is CC1(C)C2=C3C=C4C=CC(=O)C=C4OC3CCN2c2ccc3ccccc3c21. The maximum absolute atomic E-state index is 11.7. The topological polar surface area (TPSA) is 29.5 Å². The molecule has 0 saturated heterocycles.